The van der Waals surface area contributed by atoms with Gasteiger partial charge in [0, 0.05) is 62.7 Å². The van der Waals surface area contributed by atoms with E-state index in [1.807, 2.05) is 43.3 Å². The Hall–Kier alpha value is -5.42. The molecule has 12 nitrogen and oxygen atoms in total. The lowest BCUT2D eigenvalue weighted by Crippen LogP contribution is -2.45. The van der Waals surface area contributed by atoms with E-state index < -0.39 is 24.8 Å². The van der Waals surface area contributed by atoms with Crippen LogP contribution in [0.25, 0.3) is 32.5 Å². The Balaban J connectivity index is 1.21. The van der Waals surface area contributed by atoms with Crippen LogP contribution < -0.4 is 18.9 Å². The molecule has 1 N–H and O–H groups in total. The number of benzene rings is 3. The van der Waals surface area contributed by atoms with Gasteiger partial charge in [-0.3, -0.25) is 14.6 Å². The molecule has 3 aromatic heterocycles. The van der Waals surface area contributed by atoms with Crippen LogP contribution in [0.4, 0.5) is 13.2 Å². The number of pyridine rings is 1. The monoisotopic (exact) mass is 850 g/mol. The first kappa shape index (κ1) is 41.7. The predicted molar refractivity (Wildman–Crippen MR) is 219 cm³/mol. The summed E-state index contributed by atoms with van der Waals surface area (Å²) in [5.41, 5.74) is 4.04. The quantitative estimate of drug-likeness (QED) is 0.102. The summed E-state index contributed by atoms with van der Waals surface area (Å²) in [5.74, 6) is 0.264. The van der Waals surface area contributed by atoms with Gasteiger partial charge < -0.3 is 29.0 Å². The van der Waals surface area contributed by atoms with Gasteiger partial charge in [0.25, 0.3) is 0 Å². The van der Waals surface area contributed by atoms with E-state index in [0.717, 1.165) is 65.6 Å². The van der Waals surface area contributed by atoms with Crippen LogP contribution in [-0.2, 0) is 24.4 Å². The van der Waals surface area contributed by atoms with Gasteiger partial charge in [-0.25, -0.2) is 4.79 Å². The molecule has 0 unspecified atom stereocenters. The molecule has 4 heterocycles. The maximum atomic E-state index is 13.1. The number of likely N-dealkylation sites (N-methyl/N-ethyl adjacent to an activating group) is 1. The van der Waals surface area contributed by atoms with E-state index in [4.69, 9.17) is 35.5 Å². The molecule has 6 aromatic rings. The molecular weight excluding hydrogens is 809 g/mol. The second-order valence-electron chi connectivity index (χ2n) is 14.1. The number of fused-ring (bicyclic) bond motifs is 1. The normalized spacial score (nSPS) is 14.4. The largest absolute Gasteiger partial charge is 0.497 e. The van der Waals surface area contributed by atoms with Crippen molar-refractivity contribution in [1.82, 2.24) is 28.9 Å². The highest BCUT2D eigenvalue weighted by molar-refractivity contribution is 7.13. The van der Waals surface area contributed by atoms with Gasteiger partial charge in [0.1, 0.15) is 37.0 Å². The van der Waals surface area contributed by atoms with Crippen molar-refractivity contribution in [2.75, 3.05) is 53.5 Å². The van der Waals surface area contributed by atoms with E-state index in [1.165, 1.54) is 12.3 Å². The van der Waals surface area contributed by atoms with Crippen LogP contribution >= 0.6 is 23.1 Å². The fourth-order valence-corrected chi connectivity index (χ4v) is 7.83. The molecule has 17 heteroatoms. The van der Waals surface area contributed by atoms with Crippen LogP contribution in [0.3, 0.4) is 0 Å². The predicted octanol–water partition coefficient (Wildman–Crippen LogP) is 8.03. The molecule has 1 atom stereocenters. The van der Waals surface area contributed by atoms with E-state index in [1.54, 1.807) is 37.6 Å². The summed E-state index contributed by atoms with van der Waals surface area (Å²) in [6, 6.07) is 19.3. The average Bonchev–Trinajstić information content (AvgIpc) is 3.84. The van der Waals surface area contributed by atoms with E-state index in [-0.39, 0.29) is 30.4 Å². The van der Waals surface area contributed by atoms with Gasteiger partial charge in [-0.15, -0.1) is 0 Å². The molecule has 1 aliphatic rings. The lowest BCUT2D eigenvalue weighted by atomic mass is 9.93. The minimum absolute atomic E-state index is 0.0800. The zero-order chi connectivity index (χ0) is 41.7. The Bertz CT molecular complexity index is 2420. The number of hydrogen-bond donors (Lipinski definition) is 1. The number of piperazine rings is 1. The second kappa shape index (κ2) is 18.2. The summed E-state index contributed by atoms with van der Waals surface area (Å²) in [4.78, 5) is 22.4. The number of carbonyl (C=O) groups is 1. The second-order valence-corrected chi connectivity index (χ2v) is 15.3. The van der Waals surface area contributed by atoms with Crippen molar-refractivity contribution in [2.24, 2.45) is 0 Å². The Morgan fingerprint density at radius 2 is 1.81 bits per heavy atom. The number of rotatable bonds is 16. The number of halogens is 4. The van der Waals surface area contributed by atoms with E-state index in [0.29, 0.717) is 50.0 Å². The smallest absolute Gasteiger partial charge is 0.408 e. The third kappa shape index (κ3) is 9.90. The number of carboxylic acid groups (broad SMARTS) is 1. The number of carboxylic acids is 1. The molecule has 1 aliphatic heterocycles. The van der Waals surface area contributed by atoms with Crippen LogP contribution in [0.5, 0.6) is 23.1 Å². The van der Waals surface area contributed by atoms with Crippen molar-refractivity contribution in [3.8, 4) is 45.5 Å². The van der Waals surface area contributed by atoms with Gasteiger partial charge in [0.15, 0.2) is 0 Å². The van der Waals surface area contributed by atoms with Crippen LogP contribution in [-0.4, -0.2) is 106 Å². The fraction of sp³-hybridized carbons (Fsp3) is 0.333. The number of alkyl halides is 3. The summed E-state index contributed by atoms with van der Waals surface area (Å²) < 4.78 is 69.4. The Kier molecular flexibility index (Phi) is 12.9. The highest BCUT2D eigenvalue weighted by Gasteiger charge is 2.30. The molecule has 310 valence electrons. The van der Waals surface area contributed by atoms with Crippen molar-refractivity contribution in [1.29, 1.82) is 0 Å². The van der Waals surface area contributed by atoms with Gasteiger partial charge in [-0.1, -0.05) is 48.0 Å². The fourth-order valence-electron chi connectivity index (χ4n) is 6.92. The first-order valence-corrected chi connectivity index (χ1v) is 20.0. The number of nitrogens with zero attached hydrogens (tertiary/aromatic N) is 6. The zero-order valence-electron chi connectivity index (χ0n) is 32.5. The van der Waals surface area contributed by atoms with Gasteiger partial charge in [-0.05, 0) is 72.5 Å². The van der Waals surface area contributed by atoms with Crippen LogP contribution in [0.1, 0.15) is 16.8 Å². The molecule has 3 aromatic carbocycles. The summed E-state index contributed by atoms with van der Waals surface area (Å²) in [6.07, 6.45) is -3.13. The number of aliphatic carboxylic acids is 1. The summed E-state index contributed by atoms with van der Waals surface area (Å²) in [7, 11) is 3.70. The third-order valence-corrected chi connectivity index (χ3v) is 11.4. The maximum absolute atomic E-state index is 13.1. The standard InChI is InChI=1S/C42H42ClF3N6O6S/c1-26-31(11-12-33(38(26)43)56-20-19-51-17-15-50(2)16-18-51)36-37-35(23-47-39(36)28-8-6-9-30(21-28)55-3)59-49-40(37)58-34(41(53)54)22-27-7-4-5-10-32(27)57-24-29-13-14-48-52(29)25-42(44,45)46/h4-14,21,23,34H,15-20,22,24-25H2,1-3H3,(H,53,54)/t34-/m1/s1. The highest BCUT2D eigenvalue weighted by atomic mass is 35.5. The van der Waals surface area contributed by atoms with Gasteiger partial charge in [0.05, 0.1) is 33.6 Å². The SMILES string of the molecule is COc1cccc(-c2ncc3snc(O[C@H](Cc4ccccc4OCc4ccnn4CC(F)(F)F)C(=O)O)c3c2-c2ccc(OCCN3CCN(C)CC3)c(Cl)c2C)c1. The molecule has 0 spiro atoms. The summed E-state index contributed by atoms with van der Waals surface area (Å²) in [6.45, 7) is 5.59. The van der Waals surface area contributed by atoms with Crippen LogP contribution in [0.15, 0.2) is 79.1 Å². The third-order valence-electron chi connectivity index (χ3n) is 10.1. The highest BCUT2D eigenvalue weighted by Crippen LogP contribution is 2.46. The molecule has 0 aliphatic carbocycles. The molecule has 59 heavy (non-hydrogen) atoms. The number of para-hydroxylation sites is 1. The first-order valence-electron chi connectivity index (χ1n) is 18.8. The minimum atomic E-state index is -4.47. The zero-order valence-corrected chi connectivity index (χ0v) is 34.1. The molecule has 1 saturated heterocycles. The average molecular weight is 851 g/mol. The number of hydrogen-bond acceptors (Lipinski definition) is 11. The number of methoxy groups -OCH3 is 1. The lowest BCUT2D eigenvalue weighted by molar-refractivity contribution is -0.145. The molecule has 0 saturated carbocycles. The molecule has 7 rings (SSSR count). The van der Waals surface area contributed by atoms with Gasteiger partial charge >= 0.3 is 12.1 Å². The maximum Gasteiger partial charge on any atom is 0.408 e. The number of ether oxygens (including phenoxy) is 4. The summed E-state index contributed by atoms with van der Waals surface area (Å²) >= 11 is 8.17. The number of aromatic nitrogens is 4. The summed E-state index contributed by atoms with van der Waals surface area (Å²) in [5, 5.41) is 15.2. The molecule has 0 amide bonds. The topological polar surface area (TPSA) is 124 Å². The van der Waals surface area contributed by atoms with Crippen molar-refractivity contribution in [3.05, 3.63) is 101 Å². The Morgan fingerprint density at radius 3 is 2.58 bits per heavy atom. The van der Waals surface area contributed by atoms with E-state index in [2.05, 4.69) is 26.3 Å². The minimum Gasteiger partial charge on any atom is -0.497 e. The van der Waals surface area contributed by atoms with Gasteiger partial charge in [-0.2, -0.15) is 22.6 Å². The van der Waals surface area contributed by atoms with Crippen molar-refractivity contribution in [2.45, 2.75) is 38.8 Å². The molecule has 0 bridgehead atoms. The van der Waals surface area contributed by atoms with E-state index in [9.17, 15) is 23.1 Å². The van der Waals surface area contributed by atoms with Crippen molar-refractivity contribution < 1.29 is 42.0 Å². The Labute approximate surface area is 347 Å². The van der Waals surface area contributed by atoms with Crippen LogP contribution in [0.2, 0.25) is 5.02 Å². The molecule has 1 fully saturated rings. The lowest BCUT2D eigenvalue weighted by Gasteiger charge is -2.32. The van der Waals surface area contributed by atoms with Crippen molar-refractivity contribution >= 4 is 39.2 Å². The van der Waals surface area contributed by atoms with Gasteiger partial charge in [0.2, 0.25) is 12.0 Å². The van der Waals surface area contributed by atoms with Crippen molar-refractivity contribution in [3.63, 3.8) is 0 Å². The van der Waals surface area contributed by atoms with E-state index >= 15 is 0 Å². The molecule has 0 radical (unpaired) electrons. The van der Waals surface area contributed by atoms with Crippen LogP contribution in [0, 0.1) is 6.92 Å². The molecular formula is C42H42ClF3N6O6S. The first-order chi connectivity index (χ1) is 28.4. The Morgan fingerprint density at radius 1 is 1.02 bits per heavy atom.